The van der Waals surface area contributed by atoms with E-state index in [1.165, 1.54) is 12.5 Å². The molecule has 2 rings (SSSR count). The number of nitrogens with zero attached hydrogens (tertiary/aromatic N) is 3. The Hall–Kier alpha value is -1.46. The molecule has 1 fully saturated rings. The fourth-order valence-corrected chi connectivity index (χ4v) is 2.95. The maximum Gasteiger partial charge on any atom is 0.236 e. The molecule has 1 aliphatic heterocycles. The van der Waals surface area contributed by atoms with Crippen LogP contribution in [0.5, 0.6) is 0 Å². The van der Waals surface area contributed by atoms with Crippen molar-refractivity contribution in [2.45, 2.75) is 33.7 Å². The highest BCUT2D eigenvalue weighted by Crippen LogP contribution is 2.19. The minimum absolute atomic E-state index is 0.0476. The fourth-order valence-electron chi connectivity index (χ4n) is 2.95. The summed E-state index contributed by atoms with van der Waals surface area (Å²) in [7, 11) is 1.74. The van der Waals surface area contributed by atoms with E-state index in [2.05, 4.69) is 30.6 Å². The van der Waals surface area contributed by atoms with E-state index in [1.54, 1.807) is 30.1 Å². The van der Waals surface area contributed by atoms with Crippen LogP contribution in [0.4, 0.5) is 4.39 Å². The van der Waals surface area contributed by atoms with Crippen LogP contribution in [-0.4, -0.2) is 66.9 Å². The maximum absolute atomic E-state index is 13.7. The van der Waals surface area contributed by atoms with E-state index in [0.717, 1.165) is 32.7 Å². The summed E-state index contributed by atoms with van der Waals surface area (Å²) in [5.41, 5.74) is 0.924. The van der Waals surface area contributed by atoms with Crippen molar-refractivity contribution in [3.8, 4) is 0 Å². The lowest BCUT2D eigenvalue weighted by Gasteiger charge is -2.36. The maximum atomic E-state index is 13.7. The molecule has 1 amide bonds. The third-order valence-electron chi connectivity index (χ3n) is 4.79. The second kappa shape index (κ2) is 8.77. The SMILES string of the molecule is CN(Cc1ccccc1F)C(=O)CN1CCN(CCC(C)(C)C)CC1. The van der Waals surface area contributed by atoms with Crippen LogP contribution < -0.4 is 0 Å². The van der Waals surface area contributed by atoms with Gasteiger partial charge in [0.15, 0.2) is 0 Å². The fraction of sp³-hybridized carbons (Fsp3) is 0.650. The first-order valence-electron chi connectivity index (χ1n) is 9.17. The highest BCUT2D eigenvalue weighted by atomic mass is 19.1. The number of rotatable bonds is 6. The van der Waals surface area contributed by atoms with Crippen LogP contribution in [0.2, 0.25) is 0 Å². The molecule has 1 aliphatic rings. The molecule has 0 bridgehead atoms. The van der Waals surface area contributed by atoms with Crippen LogP contribution in [0.25, 0.3) is 0 Å². The Labute approximate surface area is 151 Å². The van der Waals surface area contributed by atoms with Crippen molar-refractivity contribution in [1.82, 2.24) is 14.7 Å². The van der Waals surface area contributed by atoms with E-state index in [9.17, 15) is 9.18 Å². The number of hydrogen-bond acceptors (Lipinski definition) is 3. The largest absolute Gasteiger partial charge is 0.340 e. The molecule has 4 nitrogen and oxygen atoms in total. The number of piperazine rings is 1. The van der Waals surface area contributed by atoms with Gasteiger partial charge in [-0.05, 0) is 24.4 Å². The van der Waals surface area contributed by atoms with Crippen molar-refractivity contribution < 1.29 is 9.18 Å². The van der Waals surface area contributed by atoms with Crippen LogP contribution in [0.15, 0.2) is 24.3 Å². The van der Waals surface area contributed by atoms with E-state index >= 15 is 0 Å². The Morgan fingerprint density at radius 1 is 1.12 bits per heavy atom. The Balaban J connectivity index is 1.74. The molecule has 1 saturated heterocycles. The van der Waals surface area contributed by atoms with Crippen LogP contribution in [0.1, 0.15) is 32.8 Å². The van der Waals surface area contributed by atoms with Crippen LogP contribution in [0.3, 0.4) is 0 Å². The number of likely N-dealkylation sites (N-methyl/N-ethyl adjacent to an activating group) is 1. The summed E-state index contributed by atoms with van der Waals surface area (Å²) in [5, 5.41) is 0. The van der Waals surface area contributed by atoms with Gasteiger partial charge in [-0.15, -0.1) is 0 Å². The zero-order chi connectivity index (χ0) is 18.4. The minimum atomic E-state index is -0.255. The molecule has 0 radical (unpaired) electrons. The van der Waals surface area contributed by atoms with Crippen LogP contribution in [0, 0.1) is 11.2 Å². The van der Waals surface area contributed by atoms with E-state index in [-0.39, 0.29) is 11.7 Å². The standard InChI is InChI=1S/C20H32FN3O/c1-20(2,3)9-10-23-11-13-24(14-12-23)16-19(25)22(4)15-17-7-5-6-8-18(17)21/h5-8H,9-16H2,1-4H3. The third kappa shape index (κ3) is 6.75. The number of hydrogen-bond donors (Lipinski definition) is 0. The lowest BCUT2D eigenvalue weighted by atomic mass is 9.92. The van der Waals surface area contributed by atoms with Gasteiger partial charge in [0.05, 0.1) is 6.54 Å². The summed E-state index contributed by atoms with van der Waals surface area (Å²) in [6, 6.07) is 6.63. The summed E-state index contributed by atoms with van der Waals surface area (Å²) in [4.78, 5) is 18.7. The molecule has 1 heterocycles. The Kier molecular flexibility index (Phi) is 6.96. The molecule has 0 atom stereocenters. The highest BCUT2D eigenvalue weighted by Gasteiger charge is 2.22. The number of carbonyl (C=O) groups is 1. The molecule has 5 heteroatoms. The first kappa shape index (κ1) is 19.9. The van der Waals surface area contributed by atoms with E-state index in [4.69, 9.17) is 0 Å². The van der Waals surface area contributed by atoms with Crippen molar-refractivity contribution in [1.29, 1.82) is 0 Å². The number of amides is 1. The van der Waals surface area contributed by atoms with E-state index in [0.29, 0.717) is 24.1 Å². The van der Waals surface area contributed by atoms with Gasteiger partial charge >= 0.3 is 0 Å². The average Bonchev–Trinajstić information content (AvgIpc) is 2.55. The Morgan fingerprint density at radius 2 is 1.72 bits per heavy atom. The van der Waals surface area contributed by atoms with Crippen molar-refractivity contribution in [3.05, 3.63) is 35.6 Å². The molecule has 0 unspecified atom stereocenters. The Morgan fingerprint density at radius 3 is 2.32 bits per heavy atom. The van der Waals surface area contributed by atoms with Crippen molar-refractivity contribution in [3.63, 3.8) is 0 Å². The summed E-state index contributed by atoms with van der Waals surface area (Å²) in [5.74, 6) is -0.207. The molecule has 25 heavy (non-hydrogen) atoms. The molecular weight excluding hydrogens is 317 g/mol. The van der Waals surface area contributed by atoms with Crippen LogP contribution in [-0.2, 0) is 11.3 Å². The predicted octanol–water partition coefficient (Wildman–Crippen LogP) is 2.84. The normalized spacial score (nSPS) is 16.8. The third-order valence-corrected chi connectivity index (χ3v) is 4.79. The van der Waals surface area contributed by atoms with Crippen molar-refractivity contribution in [2.24, 2.45) is 5.41 Å². The summed E-state index contributed by atoms with van der Waals surface area (Å²) in [6.07, 6.45) is 1.19. The predicted molar refractivity (Wildman–Crippen MR) is 99.8 cm³/mol. The Bertz CT molecular complexity index is 562. The van der Waals surface area contributed by atoms with Gasteiger partial charge in [0.25, 0.3) is 0 Å². The number of carbonyl (C=O) groups excluding carboxylic acids is 1. The van der Waals surface area contributed by atoms with Gasteiger partial charge in [-0.1, -0.05) is 39.0 Å². The van der Waals surface area contributed by atoms with Crippen LogP contribution >= 0.6 is 0 Å². The highest BCUT2D eigenvalue weighted by molar-refractivity contribution is 5.78. The smallest absolute Gasteiger partial charge is 0.236 e. The quantitative estimate of drug-likeness (QED) is 0.790. The molecule has 0 aliphatic carbocycles. The molecule has 0 N–H and O–H groups in total. The molecule has 0 aromatic heterocycles. The van der Waals surface area contributed by atoms with Crippen molar-refractivity contribution in [2.75, 3.05) is 46.3 Å². The second-order valence-electron chi connectivity index (χ2n) is 8.27. The topological polar surface area (TPSA) is 26.8 Å². The summed E-state index contributed by atoms with van der Waals surface area (Å²) in [6.45, 7) is 12.5. The first-order chi connectivity index (χ1) is 11.7. The summed E-state index contributed by atoms with van der Waals surface area (Å²) < 4.78 is 13.7. The lowest BCUT2D eigenvalue weighted by molar-refractivity contribution is -0.132. The monoisotopic (exact) mass is 349 g/mol. The second-order valence-corrected chi connectivity index (χ2v) is 8.27. The lowest BCUT2D eigenvalue weighted by Crippen LogP contribution is -2.50. The molecule has 0 spiro atoms. The summed E-state index contributed by atoms with van der Waals surface area (Å²) >= 11 is 0. The molecule has 1 aromatic carbocycles. The molecular formula is C20H32FN3O. The van der Waals surface area contributed by atoms with Gasteiger partial charge in [0.2, 0.25) is 5.91 Å². The van der Waals surface area contributed by atoms with Gasteiger partial charge in [0.1, 0.15) is 5.82 Å². The van der Waals surface area contributed by atoms with E-state index in [1.807, 2.05) is 0 Å². The first-order valence-corrected chi connectivity index (χ1v) is 9.17. The molecule has 0 saturated carbocycles. The zero-order valence-electron chi connectivity index (χ0n) is 16.1. The minimum Gasteiger partial charge on any atom is -0.340 e. The van der Waals surface area contributed by atoms with Gasteiger partial charge in [-0.25, -0.2) is 4.39 Å². The van der Waals surface area contributed by atoms with Gasteiger partial charge in [-0.2, -0.15) is 0 Å². The number of halogens is 1. The molecule has 140 valence electrons. The van der Waals surface area contributed by atoms with Crippen molar-refractivity contribution >= 4 is 5.91 Å². The number of benzene rings is 1. The van der Waals surface area contributed by atoms with Gasteiger partial charge in [-0.3, -0.25) is 9.69 Å². The zero-order valence-corrected chi connectivity index (χ0v) is 16.1. The molecule has 1 aromatic rings. The van der Waals surface area contributed by atoms with Gasteiger partial charge in [0, 0.05) is 45.3 Å². The average molecular weight is 349 g/mol. The van der Waals surface area contributed by atoms with Gasteiger partial charge < -0.3 is 9.80 Å². The van der Waals surface area contributed by atoms with E-state index < -0.39 is 0 Å².